The molecular weight excluding hydrogens is 256 g/mol. The monoisotopic (exact) mass is 294 g/mol. The highest BCUT2D eigenvalue weighted by atomic mass is 15.1. The fourth-order valence-electron chi connectivity index (χ4n) is 4.78. The highest BCUT2D eigenvalue weighted by Crippen LogP contribution is 2.39. The van der Waals surface area contributed by atoms with Crippen molar-refractivity contribution in [2.45, 2.75) is 84.7 Å². The van der Waals surface area contributed by atoms with Crippen LogP contribution in [0.5, 0.6) is 0 Å². The zero-order valence-electron chi connectivity index (χ0n) is 15.1. The third-order valence-electron chi connectivity index (χ3n) is 6.04. The Morgan fingerprint density at radius 2 is 1.95 bits per heavy atom. The van der Waals surface area contributed by atoms with Crippen LogP contribution in [0.2, 0.25) is 0 Å². The quantitative estimate of drug-likeness (QED) is 0.813. The maximum absolute atomic E-state index is 3.76. The van der Waals surface area contributed by atoms with Gasteiger partial charge in [0.25, 0.3) is 0 Å². The number of hydrogen-bond donors (Lipinski definition) is 1. The summed E-state index contributed by atoms with van der Waals surface area (Å²) in [5, 5.41) is 3.76. The molecule has 0 aliphatic heterocycles. The van der Waals surface area contributed by atoms with Crippen LogP contribution in [-0.4, -0.2) is 37.1 Å². The van der Waals surface area contributed by atoms with Crippen LogP contribution in [0.3, 0.4) is 0 Å². The van der Waals surface area contributed by atoms with Crippen LogP contribution < -0.4 is 5.32 Å². The molecule has 2 aliphatic carbocycles. The van der Waals surface area contributed by atoms with Crippen molar-refractivity contribution in [3.63, 3.8) is 0 Å². The van der Waals surface area contributed by atoms with Crippen LogP contribution in [0, 0.1) is 17.3 Å². The first kappa shape index (κ1) is 17.3. The number of hydrogen-bond acceptors (Lipinski definition) is 2. The Bertz CT molecular complexity index is 313. The molecule has 2 saturated carbocycles. The predicted octanol–water partition coefficient (Wildman–Crippen LogP) is 4.30. The Kier molecular flexibility index (Phi) is 6.14. The van der Waals surface area contributed by atoms with Crippen molar-refractivity contribution < 1.29 is 0 Å². The maximum Gasteiger partial charge on any atom is 0.0108 e. The van der Waals surface area contributed by atoms with Crippen LogP contribution in [0.4, 0.5) is 0 Å². The Hall–Kier alpha value is -0.0800. The number of nitrogens with zero attached hydrogens (tertiary/aromatic N) is 1. The van der Waals surface area contributed by atoms with Crippen LogP contribution >= 0.6 is 0 Å². The van der Waals surface area contributed by atoms with E-state index in [1.54, 1.807) is 0 Å². The van der Waals surface area contributed by atoms with E-state index >= 15 is 0 Å². The fraction of sp³-hybridized carbons (Fsp3) is 1.00. The van der Waals surface area contributed by atoms with E-state index in [0.29, 0.717) is 5.41 Å². The molecule has 0 bridgehead atoms. The molecule has 0 aromatic carbocycles. The summed E-state index contributed by atoms with van der Waals surface area (Å²) in [6.07, 6.45) is 9.84. The predicted molar refractivity (Wildman–Crippen MR) is 92.6 cm³/mol. The summed E-state index contributed by atoms with van der Waals surface area (Å²) in [7, 11) is 2.38. The summed E-state index contributed by atoms with van der Waals surface area (Å²) < 4.78 is 0. The van der Waals surface area contributed by atoms with Gasteiger partial charge in [-0.15, -0.1) is 0 Å². The topological polar surface area (TPSA) is 15.3 Å². The van der Waals surface area contributed by atoms with Gasteiger partial charge in [0.05, 0.1) is 0 Å². The van der Waals surface area contributed by atoms with Crippen LogP contribution in [0.1, 0.15) is 72.6 Å². The van der Waals surface area contributed by atoms with E-state index in [-0.39, 0.29) is 0 Å². The zero-order chi connectivity index (χ0) is 15.5. The molecule has 1 N–H and O–H groups in total. The van der Waals surface area contributed by atoms with Crippen molar-refractivity contribution in [2.24, 2.45) is 17.3 Å². The Labute approximate surface area is 133 Å². The molecule has 4 atom stereocenters. The second kappa shape index (κ2) is 7.46. The summed E-state index contributed by atoms with van der Waals surface area (Å²) >= 11 is 0. The second-order valence-corrected chi connectivity index (χ2v) is 8.70. The van der Waals surface area contributed by atoms with Gasteiger partial charge in [-0.2, -0.15) is 0 Å². The van der Waals surface area contributed by atoms with E-state index in [9.17, 15) is 0 Å². The van der Waals surface area contributed by atoms with Crippen molar-refractivity contribution in [1.82, 2.24) is 10.2 Å². The third kappa shape index (κ3) is 4.96. The minimum Gasteiger partial charge on any atom is -0.314 e. The largest absolute Gasteiger partial charge is 0.314 e. The van der Waals surface area contributed by atoms with Crippen molar-refractivity contribution in [3.05, 3.63) is 0 Å². The Morgan fingerprint density at radius 3 is 2.62 bits per heavy atom. The van der Waals surface area contributed by atoms with Gasteiger partial charge in [-0.25, -0.2) is 0 Å². The van der Waals surface area contributed by atoms with Gasteiger partial charge < -0.3 is 10.2 Å². The molecule has 124 valence electrons. The molecule has 0 radical (unpaired) electrons. The first-order chi connectivity index (χ1) is 9.91. The molecule has 0 aromatic rings. The molecule has 2 rings (SSSR count). The minimum atomic E-state index is 0.539. The van der Waals surface area contributed by atoms with Crippen molar-refractivity contribution >= 4 is 0 Å². The lowest BCUT2D eigenvalue weighted by Gasteiger charge is -2.44. The smallest absolute Gasteiger partial charge is 0.0108 e. The highest BCUT2D eigenvalue weighted by molar-refractivity contribution is 4.91. The van der Waals surface area contributed by atoms with E-state index in [0.717, 1.165) is 30.5 Å². The van der Waals surface area contributed by atoms with E-state index in [1.807, 2.05) is 0 Å². The molecule has 21 heavy (non-hydrogen) atoms. The second-order valence-electron chi connectivity index (χ2n) is 8.70. The SMILES string of the molecule is CCNC1CCC(C)(C)CC1CN(C)C1CCCC(C)C1. The molecule has 0 saturated heterocycles. The summed E-state index contributed by atoms with van der Waals surface area (Å²) in [6, 6.07) is 1.58. The third-order valence-corrected chi connectivity index (χ3v) is 6.04. The van der Waals surface area contributed by atoms with E-state index in [4.69, 9.17) is 0 Å². The van der Waals surface area contributed by atoms with Gasteiger partial charge in [-0.05, 0) is 62.9 Å². The average molecular weight is 295 g/mol. The van der Waals surface area contributed by atoms with Gasteiger partial charge in [0, 0.05) is 18.6 Å². The lowest BCUT2D eigenvalue weighted by atomic mass is 9.69. The molecule has 4 unspecified atom stereocenters. The lowest BCUT2D eigenvalue weighted by Crippen LogP contribution is -2.49. The van der Waals surface area contributed by atoms with Crippen LogP contribution in [-0.2, 0) is 0 Å². The summed E-state index contributed by atoms with van der Waals surface area (Å²) in [5.74, 6) is 1.76. The summed E-state index contributed by atoms with van der Waals surface area (Å²) in [5.41, 5.74) is 0.539. The zero-order valence-corrected chi connectivity index (χ0v) is 15.1. The van der Waals surface area contributed by atoms with Crippen molar-refractivity contribution in [3.8, 4) is 0 Å². The summed E-state index contributed by atoms with van der Waals surface area (Å²) in [6.45, 7) is 12.0. The highest BCUT2D eigenvalue weighted by Gasteiger charge is 2.36. The molecule has 0 spiro atoms. The number of nitrogens with one attached hydrogen (secondary N) is 1. The molecule has 0 heterocycles. The fourth-order valence-corrected chi connectivity index (χ4v) is 4.78. The van der Waals surface area contributed by atoms with Crippen LogP contribution in [0.25, 0.3) is 0 Å². The van der Waals surface area contributed by atoms with Crippen molar-refractivity contribution in [1.29, 1.82) is 0 Å². The molecule has 2 fully saturated rings. The average Bonchev–Trinajstić information content (AvgIpc) is 2.41. The van der Waals surface area contributed by atoms with Gasteiger partial charge in [-0.3, -0.25) is 0 Å². The van der Waals surface area contributed by atoms with E-state index < -0.39 is 0 Å². The Morgan fingerprint density at radius 1 is 1.19 bits per heavy atom. The van der Waals surface area contributed by atoms with Gasteiger partial charge >= 0.3 is 0 Å². The van der Waals surface area contributed by atoms with Gasteiger partial charge in [0.2, 0.25) is 0 Å². The van der Waals surface area contributed by atoms with Crippen molar-refractivity contribution in [2.75, 3.05) is 20.1 Å². The van der Waals surface area contributed by atoms with Gasteiger partial charge in [0.1, 0.15) is 0 Å². The standard InChI is InChI=1S/C19H38N2/c1-6-20-18-10-11-19(3,4)13-16(18)14-21(5)17-9-7-8-15(2)12-17/h15-18,20H,6-14H2,1-5H3. The Balaban J connectivity index is 1.93. The van der Waals surface area contributed by atoms with E-state index in [2.05, 4.69) is 45.0 Å². The lowest BCUT2D eigenvalue weighted by molar-refractivity contribution is 0.0790. The molecule has 2 heteroatoms. The normalized spacial score (nSPS) is 36.9. The molecule has 0 aromatic heterocycles. The van der Waals surface area contributed by atoms with Gasteiger partial charge in [0.15, 0.2) is 0 Å². The number of rotatable bonds is 5. The molecular formula is C19H38N2. The van der Waals surface area contributed by atoms with Gasteiger partial charge in [-0.1, -0.05) is 40.5 Å². The van der Waals surface area contributed by atoms with Crippen LogP contribution in [0.15, 0.2) is 0 Å². The summed E-state index contributed by atoms with van der Waals surface area (Å²) in [4.78, 5) is 2.70. The molecule has 2 nitrogen and oxygen atoms in total. The first-order valence-electron chi connectivity index (χ1n) is 9.35. The molecule has 0 amide bonds. The molecule has 2 aliphatic rings. The minimum absolute atomic E-state index is 0.539. The first-order valence-corrected chi connectivity index (χ1v) is 9.35. The van der Waals surface area contributed by atoms with E-state index in [1.165, 1.54) is 51.5 Å². The maximum atomic E-state index is 3.76.